The Bertz CT molecular complexity index is 1780. The van der Waals surface area contributed by atoms with Crippen LogP contribution in [-0.2, 0) is 24.0 Å². The number of Topliss-reactive ketones (excluding diaryl/α,β-unsaturated/α-hetero) is 1. The first-order valence-electron chi connectivity index (χ1n) is 21.2. The molecule has 1 unspecified atom stereocenters. The number of carbonyl (C=O) groups excluding carboxylic acids is 3. The average Bonchev–Trinajstić information content (AvgIpc) is 3.14. The Balaban J connectivity index is 1.72. The summed E-state index contributed by atoms with van der Waals surface area (Å²) in [4.78, 5) is 84.5. The lowest BCUT2D eigenvalue weighted by molar-refractivity contribution is -0.177. The SMILES string of the molecule is CC(C)(C)C(C(=O)O)N1CCN(CC(=O)O)CCN(CC(=O)NCCNC(=O)CCC(=O)c2ccc(-c3ccccc3)cc2)CCN(C(C(=O)O)(C(C)(C)C)C(C)(C)C)CC1. The van der Waals surface area contributed by atoms with Gasteiger partial charge in [-0.05, 0) is 27.4 Å². The number of nitrogens with one attached hydrogen (secondary N) is 2. The zero-order chi connectivity index (χ0) is 45.8. The minimum atomic E-state index is -1.42. The molecule has 2 aromatic carbocycles. The summed E-state index contributed by atoms with van der Waals surface area (Å²) < 4.78 is 0. The van der Waals surface area contributed by atoms with Crippen LogP contribution in [0, 0.1) is 16.2 Å². The van der Waals surface area contributed by atoms with Crippen molar-refractivity contribution in [1.82, 2.24) is 30.2 Å². The number of aliphatic carboxylic acids is 3. The number of carbonyl (C=O) groups is 6. The molecule has 0 radical (unpaired) electrons. The fraction of sp³-hybridized carbons (Fsp3) is 0.609. The summed E-state index contributed by atoms with van der Waals surface area (Å²) in [7, 11) is 0. The lowest BCUT2D eigenvalue weighted by Gasteiger charge is -2.57. The lowest BCUT2D eigenvalue weighted by Crippen LogP contribution is -2.71. The summed E-state index contributed by atoms with van der Waals surface area (Å²) in [6, 6.07) is 16.2. The molecule has 338 valence electrons. The molecule has 0 spiro atoms. The molecule has 0 saturated carbocycles. The van der Waals surface area contributed by atoms with E-state index in [1.54, 1.807) is 17.0 Å². The molecule has 1 saturated heterocycles. The van der Waals surface area contributed by atoms with Crippen molar-refractivity contribution in [2.45, 2.75) is 86.7 Å². The van der Waals surface area contributed by atoms with Crippen molar-refractivity contribution in [3.05, 3.63) is 60.2 Å². The Kier molecular flexibility index (Phi) is 18.2. The van der Waals surface area contributed by atoms with E-state index in [-0.39, 0.29) is 109 Å². The Hall–Kier alpha value is -4.70. The molecule has 5 N–H and O–H groups in total. The molecule has 1 atom stereocenters. The molecule has 0 bridgehead atoms. The van der Waals surface area contributed by atoms with Crippen LogP contribution in [0.5, 0.6) is 0 Å². The second-order valence-electron chi connectivity index (χ2n) is 19.2. The topological polar surface area (TPSA) is 200 Å². The zero-order valence-corrected chi connectivity index (χ0v) is 37.8. The Morgan fingerprint density at radius 2 is 1.07 bits per heavy atom. The Morgan fingerprint density at radius 3 is 1.57 bits per heavy atom. The molecule has 61 heavy (non-hydrogen) atoms. The van der Waals surface area contributed by atoms with Crippen LogP contribution in [0.1, 0.15) is 85.5 Å². The fourth-order valence-corrected chi connectivity index (χ4v) is 9.14. The van der Waals surface area contributed by atoms with Gasteiger partial charge in [-0.15, -0.1) is 0 Å². The van der Waals surface area contributed by atoms with Crippen molar-refractivity contribution in [2.24, 2.45) is 16.2 Å². The average molecular weight is 851 g/mol. The number of rotatable bonds is 16. The first kappa shape index (κ1) is 50.7. The van der Waals surface area contributed by atoms with E-state index in [9.17, 15) is 44.1 Å². The molecule has 2 amide bonds. The number of amides is 2. The number of benzene rings is 2. The van der Waals surface area contributed by atoms with Crippen LogP contribution in [0.25, 0.3) is 11.1 Å². The first-order chi connectivity index (χ1) is 28.4. The van der Waals surface area contributed by atoms with E-state index in [1.165, 1.54) is 0 Å². The van der Waals surface area contributed by atoms with Gasteiger partial charge in [0.1, 0.15) is 11.6 Å². The van der Waals surface area contributed by atoms with Crippen molar-refractivity contribution in [2.75, 3.05) is 78.5 Å². The molecule has 15 heteroatoms. The Labute approximate surface area is 361 Å². The highest BCUT2D eigenvalue weighted by molar-refractivity contribution is 5.98. The van der Waals surface area contributed by atoms with Gasteiger partial charge in [-0.2, -0.15) is 0 Å². The highest BCUT2D eigenvalue weighted by Crippen LogP contribution is 2.48. The number of hydrogen-bond acceptors (Lipinski definition) is 10. The van der Waals surface area contributed by atoms with Crippen LogP contribution in [-0.4, -0.2) is 161 Å². The summed E-state index contributed by atoms with van der Waals surface area (Å²) in [5.41, 5.74) is -1.13. The van der Waals surface area contributed by atoms with Crippen molar-refractivity contribution >= 4 is 35.5 Å². The number of nitrogens with zero attached hydrogens (tertiary/aromatic N) is 4. The number of ketones is 1. The van der Waals surface area contributed by atoms with E-state index < -0.39 is 45.7 Å². The molecular formula is C46H70N6O9. The summed E-state index contributed by atoms with van der Waals surface area (Å²) in [5, 5.41) is 36.9. The molecule has 15 nitrogen and oxygen atoms in total. The van der Waals surface area contributed by atoms with Gasteiger partial charge >= 0.3 is 17.9 Å². The van der Waals surface area contributed by atoms with Crippen molar-refractivity contribution < 1.29 is 44.1 Å². The van der Waals surface area contributed by atoms with Crippen LogP contribution in [0.15, 0.2) is 54.6 Å². The normalized spacial score (nSPS) is 16.7. The van der Waals surface area contributed by atoms with E-state index in [0.717, 1.165) is 11.1 Å². The van der Waals surface area contributed by atoms with Crippen LogP contribution in [0.3, 0.4) is 0 Å². The number of hydrogen-bond donors (Lipinski definition) is 5. The van der Waals surface area contributed by atoms with E-state index in [1.807, 2.05) is 119 Å². The second kappa shape index (κ2) is 21.9. The minimum Gasteiger partial charge on any atom is -0.480 e. The molecule has 1 aliphatic rings. The highest BCUT2D eigenvalue weighted by atomic mass is 16.4. The first-order valence-corrected chi connectivity index (χ1v) is 21.2. The van der Waals surface area contributed by atoms with E-state index >= 15 is 0 Å². The maximum Gasteiger partial charge on any atom is 0.325 e. The Morgan fingerprint density at radius 1 is 0.590 bits per heavy atom. The van der Waals surface area contributed by atoms with Gasteiger partial charge in [-0.25, -0.2) is 0 Å². The molecule has 1 fully saturated rings. The number of carboxylic acids is 3. The third kappa shape index (κ3) is 14.2. The summed E-state index contributed by atoms with van der Waals surface area (Å²) >= 11 is 0. The standard InChI is InChI=1S/C46H70N6O9/c1-43(2,3)40(41(58)59)51-27-25-50(32-39(56)57)24-23-49(26-29-52(30-28-51)46(42(60)61,44(4,5)6)45(7,8)9)31-38(55)48-22-21-47-37(54)20-19-36(53)35-17-15-34(16-18-35)33-13-11-10-12-14-33/h10-18,40H,19-32H2,1-9H3,(H,47,54)(H,48,55)(H,56,57)(H,58,59)(H,60,61). The van der Waals surface area contributed by atoms with Crippen molar-refractivity contribution in [3.63, 3.8) is 0 Å². The molecule has 1 heterocycles. The molecule has 2 aromatic rings. The maximum atomic E-state index is 13.6. The molecule has 1 aliphatic heterocycles. The van der Waals surface area contributed by atoms with Gasteiger partial charge in [0.2, 0.25) is 11.8 Å². The lowest BCUT2D eigenvalue weighted by atomic mass is 9.59. The third-order valence-electron chi connectivity index (χ3n) is 11.5. The van der Waals surface area contributed by atoms with Crippen LogP contribution in [0.4, 0.5) is 0 Å². The molecule has 0 aliphatic carbocycles. The molecule has 0 aromatic heterocycles. The largest absolute Gasteiger partial charge is 0.480 e. The second-order valence-corrected chi connectivity index (χ2v) is 19.2. The smallest absolute Gasteiger partial charge is 0.325 e. The van der Waals surface area contributed by atoms with Gasteiger partial charge in [-0.3, -0.25) is 48.4 Å². The van der Waals surface area contributed by atoms with Crippen LogP contribution < -0.4 is 10.6 Å². The monoisotopic (exact) mass is 851 g/mol. The summed E-state index contributed by atoms with van der Waals surface area (Å²) in [6.07, 6.45) is 0.0341. The highest BCUT2D eigenvalue weighted by Gasteiger charge is 2.60. The zero-order valence-electron chi connectivity index (χ0n) is 37.8. The summed E-state index contributed by atoms with van der Waals surface area (Å²) in [6.45, 7) is 18.7. The summed E-state index contributed by atoms with van der Waals surface area (Å²) in [5.74, 6) is -3.85. The molecule has 3 rings (SSSR count). The molecular weight excluding hydrogens is 781 g/mol. The quantitative estimate of drug-likeness (QED) is 0.119. The van der Waals surface area contributed by atoms with Gasteiger partial charge in [0, 0.05) is 83.9 Å². The van der Waals surface area contributed by atoms with Gasteiger partial charge in [-0.1, -0.05) is 117 Å². The van der Waals surface area contributed by atoms with Crippen molar-refractivity contribution in [3.8, 4) is 11.1 Å². The van der Waals surface area contributed by atoms with Crippen molar-refractivity contribution in [1.29, 1.82) is 0 Å². The van der Waals surface area contributed by atoms with E-state index in [4.69, 9.17) is 0 Å². The van der Waals surface area contributed by atoms with Crippen LogP contribution >= 0.6 is 0 Å². The van der Waals surface area contributed by atoms with Gasteiger partial charge in [0.15, 0.2) is 5.78 Å². The van der Waals surface area contributed by atoms with E-state index in [2.05, 4.69) is 10.6 Å². The third-order valence-corrected chi connectivity index (χ3v) is 11.5. The van der Waals surface area contributed by atoms with Crippen LogP contribution in [0.2, 0.25) is 0 Å². The van der Waals surface area contributed by atoms with Gasteiger partial charge in [0.25, 0.3) is 0 Å². The van der Waals surface area contributed by atoms with Gasteiger partial charge in [0.05, 0.1) is 13.1 Å². The predicted molar refractivity (Wildman–Crippen MR) is 235 cm³/mol. The fourth-order valence-electron chi connectivity index (χ4n) is 9.14. The minimum absolute atomic E-state index is 0.00374. The van der Waals surface area contributed by atoms with Gasteiger partial charge < -0.3 is 26.0 Å². The number of carboxylic acid groups (broad SMARTS) is 3. The predicted octanol–water partition coefficient (Wildman–Crippen LogP) is 4.27. The maximum absolute atomic E-state index is 13.6. The van der Waals surface area contributed by atoms with E-state index in [0.29, 0.717) is 5.56 Å².